The fraction of sp³-hybridized carbons (Fsp3) is 1.00. The van der Waals surface area contributed by atoms with E-state index in [4.69, 9.17) is 0 Å². The number of piperidine rings is 1. The zero-order valence-corrected chi connectivity index (χ0v) is 6.44. The van der Waals surface area contributed by atoms with Crippen LogP contribution in [-0.2, 0) is 0 Å². The average Bonchev–Trinajstić information content (AvgIpc) is 2.19. The average molecular weight is 125 g/mol. The van der Waals surface area contributed by atoms with Gasteiger partial charge >= 0.3 is 0 Å². The second kappa shape index (κ2) is 1.34. The van der Waals surface area contributed by atoms with Gasteiger partial charge in [-0.2, -0.15) is 0 Å². The predicted octanol–water partition coefficient (Wildman–Crippen LogP) is 1.25. The second-order valence-electron chi connectivity index (χ2n) is 4.15. The fourth-order valence-electron chi connectivity index (χ4n) is 2.61. The summed E-state index contributed by atoms with van der Waals surface area (Å²) in [5.74, 6) is 1.98. The van der Waals surface area contributed by atoms with Gasteiger partial charge in [-0.05, 0) is 30.7 Å². The fourth-order valence-corrected chi connectivity index (χ4v) is 2.61. The summed E-state index contributed by atoms with van der Waals surface area (Å²) in [4.78, 5) is 0. The summed E-state index contributed by atoms with van der Waals surface area (Å²) in [6, 6.07) is 0.782. The van der Waals surface area contributed by atoms with E-state index in [9.17, 15) is 0 Å². The van der Waals surface area contributed by atoms with Crippen molar-refractivity contribution in [2.45, 2.75) is 26.8 Å². The Bertz CT molecular complexity index is 140. The van der Waals surface area contributed by atoms with E-state index in [0.29, 0.717) is 5.41 Å². The maximum atomic E-state index is 3.47. The first-order valence-electron chi connectivity index (χ1n) is 3.87. The Morgan fingerprint density at radius 1 is 1.44 bits per heavy atom. The Morgan fingerprint density at radius 2 is 2.11 bits per heavy atom. The molecule has 1 aliphatic carbocycles. The summed E-state index contributed by atoms with van der Waals surface area (Å²) < 4.78 is 0. The lowest BCUT2D eigenvalue weighted by Crippen LogP contribution is -2.27. The van der Waals surface area contributed by atoms with Crippen LogP contribution in [0.4, 0.5) is 0 Å². The minimum atomic E-state index is 0.671. The van der Waals surface area contributed by atoms with Crippen LogP contribution >= 0.6 is 0 Å². The summed E-state index contributed by atoms with van der Waals surface area (Å²) in [5, 5.41) is 3.47. The molecule has 0 radical (unpaired) electrons. The summed E-state index contributed by atoms with van der Waals surface area (Å²) in [7, 11) is 0. The SMILES string of the molecule is C[C@H]1NCC2[C@@H]1C2(C)C. The lowest BCUT2D eigenvalue weighted by atomic mass is 10.0. The van der Waals surface area contributed by atoms with Crippen molar-refractivity contribution in [2.24, 2.45) is 17.3 Å². The van der Waals surface area contributed by atoms with Crippen molar-refractivity contribution >= 4 is 0 Å². The molecule has 3 atom stereocenters. The van der Waals surface area contributed by atoms with Crippen LogP contribution in [0.2, 0.25) is 0 Å². The molecule has 1 heterocycles. The molecule has 2 fully saturated rings. The van der Waals surface area contributed by atoms with E-state index >= 15 is 0 Å². The van der Waals surface area contributed by atoms with Gasteiger partial charge in [0.05, 0.1) is 0 Å². The Labute approximate surface area is 56.8 Å². The van der Waals surface area contributed by atoms with E-state index in [0.717, 1.165) is 17.9 Å². The first kappa shape index (κ1) is 5.72. The summed E-state index contributed by atoms with van der Waals surface area (Å²) in [6.45, 7) is 8.34. The van der Waals surface area contributed by atoms with Crippen molar-refractivity contribution in [3.8, 4) is 0 Å². The quantitative estimate of drug-likeness (QED) is 0.514. The first-order valence-corrected chi connectivity index (χ1v) is 3.87. The van der Waals surface area contributed by atoms with Crippen LogP contribution in [0, 0.1) is 17.3 Å². The number of nitrogens with one attached hydrogen (secondary N) is 1. The molecule has 0 aromatic carbocycles. The molecule has 9 heavy (non-hydrogen) atoms. The largest absolute Gasteiger partial charge is 0.314 e. The molecule has 2 aliphatic rings. The van der Waals surface area contributed by atoms with E-state index in [2.05, 4.69) is 26.1 Å². The van der Waals surface area contributed by atoms with Gasteiger partial charge in [0, 0.05) is 6.04 Å². The van der Waals surface area contributed by atoms with Crippen LogP contribution in [-0.4, -0.2) is 12.6 Å². The third kappa shape index (κ3) is 0.536. The van der Waals surface area contributed by atoms with Crippen molar-refractivity contribution in [3.05, 3.63) is 0 Å². The van der Waals surface area contributed by atoms with Crippen LogP contribution in [0.5, 0.6) is 0 Å². The molecule has 1 N–H and O–H groups in total. The van der Waals surface area contributed by atoms with E-state index in [1.54, 1.807) is 0 Å². The minimum absolute atomic E-state index is 0.671. The zero-order chi connectivity index (χ0) is 6.65. The van der Waals surface area contributed by atoms with Gasteiger partial charge < -0.3 is 5.32 Å². The van der Waals surface area contributed by atoms with Gasteiger partial charge in [0.2, 0.25) is 0 Å². The Kier molecular flexibility index (Phi) is 0.852. The van der Waals surface area contributed by atoms with Crippen molar-refractivity contribution in [1.82, 2.24) is 5.32 Å². The van der Waals surface area contributed by atoms with Gasteiger partial charge in [-0.1, -0.05) is 13.8 Å². The van der Waals surface area contributed by atoms with Crippen LogP contribution < -0.4 is 5.32 Å². The van der Waals surface area contributed by atoms with Gasteiger partial charge in [-0.15, -0.1) is 0 Å². The third-order valence-electron chi connectivity index (χ3n) is 3.34. The molecule has 2 rings (SSSR count). The van der Waals surface area contributed by atoms with Crippen molar-refractivity contribution < 1.29 is 0 Å². The first-order chi connectivity index (χ1) is 4.14. The molecular weight excluding hydrogens is 110 g/mol. The topological polar surface area (TPSA) is 12.0 Å². The van der Waals surface area contributed by atoms with Crippen LogP contribution in [0.15, 0.2) is 0 Å². The Hall–Kier alpha value is -0.0400. The summed E-state index contributed by atoms with van der Waals surface area (Å²) in [5.41, 5.74) is 0.671. The lowest BCUT2D eigenvalue weighted by molar-refractivity contribution is 0.418. The molecule has 0 amide bonds. The highest BCUT2D eigenvalue weighted by atomic mass is 15.0. The number of hydrogen-bond acceptors (Lipinski definition) is 1. The van der Waals surface area contributed by atoms with E-state index in [1.807, 2.05) is 0 Å². The summed E-state index contributed by atoms with van der Waals surface area (Å²) in [6.07, 6.45) is 0. The molecule has 0 bridgehead atoms. The number of fused-ring (bicyclic) bond motifs is 1. The highest BCUT2D eigenvalue weighted by molar-refractivity contribution is 5.13. The predicted molar refractivity (Wildman–Crippen MR) is 38.2 cm³/mol. The maximum absolute atomic E-state index is 3.47. The Balaban J connectivity index is 2.14. The monoisotopic (exact) mass is 125 g/mol. The standard InChI is InChI=1S/C8H15N/c1-5-7-6(4-9-5)8(7,2)3/h5-7,9H,4H2,1-3H3/t5-,6?,7-/m1/s1. The van der Waals surface area contributed by atoms with Gasteiger partial charge in [-0.25, -0.2) is 0 Å². The maximum Gasteiger partial charge on any atom is 0.00756 e. The normalized spacial score (nSPS) is 53.0. The van der Waals surface area contributed by atoms with E-state index in [-0.39, 0.29) is 0 Å². The molecule has 0 aromatic rings. The number of hydrogen-bond donors (Lipinski definition) is 1. The smallest absolute Gasteiger partial charge is 0.00756 e. The van der Waals surface area contributed by atoms with Crippen LogP contribution in [0.3, 0.4) is 0 Å². The van der Waals surface area contributed by atoms with Gasteiger partial charge in [-0.3, -0.25) is 0 Å². The number of rotatable bonds is 0. The highest BCUT2D eigenvalue weighted by Crippen LogP contribution is 2.62. The van der Waals surface area contributed by atoms with Gasteiger partial charge in [0.1, 0.15) is 0 Å². The molecule has 1 aliphatic heterocycles. The highest BCUT2D eigenvalue weighted by Gasteiger charge is 2.62. The zero-order valence-electron chi connectivity index (χ0n) is 6.44. The summed E-state index contributed by atoms with van der Waals surface area (Å²) >= 11 is 0. The van der Waals surface area contributed by atoms with Gasteiger partial charge in [0.25, 0.3) is 0 Å². The van der Waals surface area contributed by atoms with Crippen LogP contribution in [0.1, 0.15) is 20.8 Å². The molecule has 1 nitrogen and oxygen atoms in total. The van der Waals surface area contributed by atoms with E-state index < -0.39 is 0 Å². The molecule has 1 saturated heterocycles. The third-order valence-corrected chi connectivity index (χ3v) is 3.34. The Morgan fingerprint density at radius 3 is 2.33 bits per heavy atom. The van der Waals surface area contributed by atoms with Crippen LogP contribution in [0.25, 0.3) is 0 Å². The van der Waals surface area contributed by atoms with Crippen molar-refractivity contribution in [2.75, 3.05) is 6.54 Å². The second-order valence-corrected chi connectivity index (χ2v) is 4.15. The van der Waals surface area contributed by atoms with Crippen molar-refractivity contribution in [3.63, 3.8) is 0 Å². The van der Waals surface area contributed by atoms with Crippen molar-refractivity contribution in [1.29, 1.82) is 0 Å². The van der Waals surface area contributed by atoms with E-state index in [1.165, 1.54) is 6.54 Å². The molecule has 1 heteroatoms. The lowest BCUT2D eigenvalue weighted by Gasteiger charge is -2.13. The molecular formula is C8H15N. The molecule has 0 aromatic heterocycles. The molecule has 1 unspecified atom stereocenters. The molecule has 0 spiro atoms. The van der Waals surface area contributed by atoms with Gasteiger partial charge in [0.15, 0.2) is 0 Å². The molecule has 1 saturated carbocycles. The minimum Gasteiger partial charge on any atom is -0.314 e. The molecule has 52 valence electrons.